The highest BCUT2D eigenvalue weighted by Gasteiger charge is 2.64. The Labute approximate surface area is 205 Å². The van der Waals surface area contributed by atoms with E-state index in [0.717, 1.165) is 43.4 Å². The normalized spacial score (nSPS) is 44.2. The molecule has 1 aliphatic heterocycles. The van der Waals surface area contributed by atoms with Gasteiger partial charge in [0.15, 0.2) is 0 Å². The summed E-state index contributed by atoms with van der Waals surface area (Å²) in [5.41, 5.74) is 3.77. The van der Waals surface area contributed by atoms with Crippen molar-refractivity contribution in [1.29, 1.82) is 0 Å². The second-order valence-corrected chi connectivity index (χ2v) is 12.2. The molecule has 3 fully saturated rings. The van der Waals surface area contributed by atoms with Crippen molar-refractivity contribution in [1.82, 2.24) is 0 Å². The van der Waals surface area contributed by atoms with Gasteiger partial charge in [0, 0.05) is 19.4 Å². The highest BCUT2D eigenvalue weighted by Crippen LogP contribution is 2.68. The van der Waals surface area contributed by atoms with Crippen LogP contribution in [0.2, 0.25) is 0 Å². The molecule has 5 rings (SSSR count). The van der Waals surface area contributed by atoms with Crippen molar-refractivity contribution in [3.8, 4) is 0 Å². The molecule has 0 amide bonds. The standard InChI is InChI=1S/C29H44O5/c1-17(2)12-25(31)27-18(3)22-8-9-23-21-7-6-19-13-20(30)10-11-28(19,4)24(21)14-26(34-16-32-5)29(22,23)15-33-27/h9,19-22,24-26,30-31H,1,6-8,10-16H2,2-5H3/t19-,20-,21-,22+,24-,25+,26+,28-,29+/m0/s1. The van der Waals surface area contributed by atoms with Crippen LogP contribution in [0.4, 0.5) is 0 Å². The van der Waals surface area contributed by atoms with E-state index in [9.17, 15) is 10.2 Å². The molecule has 9 atom stereocenters. The van der Waals surface area contributed by atoms with Gasteiger partial charge >= 0.3 is 0 Å². The smallest absolute Gasteiger partial charge is 0.146 e. The largest absolute Gasteiger partial charge is 0.494 e. The van der Waals surface area contributed by atoms with E-state index in [-0.39, 0.29) is 29.8 Å². The van der Waals surface area contributed by atoms with Gasteiger partial charge in [-0.3, -0.25) is 0 Å². The first-order valence-corrected chi connectivity index (χ1v) is 13.4. The molecule has 1 spiro atoms. The maximum Gasteiger partial charge on any atom is 0.146 e. The van der Waals surface area contributed by atoms with Crippen molar-refractivity contribution >= 4 is 0 Å². The lowest BCUT2D eigenvalue weighted by atomic mass is 9.44. The zero-order chi connectivity index (χ0) is 24.3. The predicted molar refractivity (Wildman–Crippen MR) is 132 cm³/mol. The zero-order valence-electron chi connectivity index (χ0n) is 21.5. The first-order valence-electron chi connectivity index (χ1n) is 13.4. The van der Waals surface area contributed by atoms with Crippen LogP contribution in [0.1, 0.15) is 72.1 Å². The second kappa shape index (κ2) is 9.06. The third-order valence-corrected chi connectivity index (χ3v) is 10.4. The summed E-state index contributed by atoms with van der Waals surface area (Å²) in [5, 5.41) is 21.3. The molecule has 5 nitrogen and oxygen atoms in total. The van der Waals surface area contributed by atoms with Crippen molar-refractivity contribution in [2.24, 2.45) is 34.5 Å². The van der Waals surface area contributed by atoms with E-state index < -0.39 is 6.10 Å². The molecule has 0 aromatic heterocycles. The molecule has 0 radical (unpaired) electrons. The summed E-state index contributed by atoms with van der Waals surface area (Å²) >= 11 is 0. The summed E-state index contributed by atoms with van der Waals surface area (Å²) in [7, 11) is 1.70. The fourth-order valence-electron chi connectivity index (χ4n) is 8.85. The van der Waals surface area contributed by atoms with E-state index >= 15 is 0 Å². The van der Waals surface area contributed by atoms with Gasteiger partial charge < -0.3 is 24.4 Å². The molecular formula is C29H44O5. The number of rotatable bonds is 6. The van der Waals surface area contributed by atoms with Gasteiger partial charge in [-0.25, -0.2) is 0 Å². The zero-order valence-corrected chi connectivity index (χ0v) is 21.5. The molecule has 1 heterocycles. The molecule has 0 saturated heterocycles. The van der Waals surface area contributed by atoms with E-state index in [1.54, 1.807) is 12.7 Å². The van der Waals surface area contributed by atoms with Crippen LogP contribution in [0, 0.1) is 34.5 Å². The maximum absolute atomic E-state index is 10.9. The molecule has 0 aromatic carbocycles. The third-order valence-electron chi connectivity index (χ3n) is 10.4. The topological polar surface area (TPSA) is 68.2 Å². The average molecular weight is 473 g/mol. The molecule has 0 bridgehead atoms. The molecule has 4 aliphatic carbocycles. The van der Waals surface area contributed by atoms with Gasteiger partial charge in [0.2, 0.25) is 0 Å². The monoisotopic (exact) mass is 472 g/mol. The van der Waals surface area contributed by atoms with E-state index in [0.29, 0.717) is 36.7 Å². The molecule has 0 aromatic rings. The second-order valence-electron chi connectivity index (χ2n) is 12.2. The van der Waals surface area contributed by atoms with Crippen LogP contribution in [0.15, 0.2) is 35.1 Å². The average Bonchev–Trinajstić information content (AvgIpc) is 3.19. The van der Waals surface area contributed by atoms with Crippen molar-refractivity contribution in [2.45, 2.75) is 90.4 Å². The highest BCUT2D eigenvalue weighted by molar-refractivity contribution is 5.40. The van der Waals surface area contributed by atoms with Gasteiger partial charge in [0.05, 0.1) is 17.6 Å². The number of hydrogen-bond donors (Lipinski definition) is 2. The van der Waals surface area contributed by atoms with Gasteiger partial charge in [-0.2, -0.15) is 0 Å². The number of hydrogen-bond acceptors (Lipinski definition) is 5. The van der Waals surface area contributed by atoms with Crippen molar-refractivity contribution in [2.75, 3.05) is 20.5 Å². The molecule has 0 unspecified atom stereocenters. The Morgan fingerprint density at radius 3 is 2.82 bits per heavy atom. The Morgan fingerprint density at radius 2 is 2.09 bits per heavy atom. The minimum atomic E-state index is -0.628. The quantitative estimate of drug-likeness (QED) is 0.414. The van der Waals surface area contributed by atoms with Crippen molar-refractivity contribution < 1.29 is 24.4 Å². The van der Waals surface area contributed by atoms with Gasteiger partial charge in [0.25, 0.3) is 0 Å². The minimum Gasteiger partial charge on any atom is -0.494 e. The van der Waals surface area contributed by atoms with E-state index in [2.05, 4.69) is 26.5 Å². The van der Waals surface area contributed by atoms with Crippen LogP contribution in [-0.4, -0.2) is 49.0 Å². The number of aliphatic hydroxyl groups excluding tert-OH is 2. The van der Waals surface area contributed by atoms with Crippen LogP contribution < -0.4 is 0 Å². The van der Waals surface area contributed by atoms with Gasteiger partial charge in [-0.15, -0.1) is 6.58 Å². The summed E-state index contributed by atoms with van der Waals surface area (Å²) in [4.78, 5) is 0. The lowest BCUT2D eigenvalue weighted by molar-refractivity contribution is -0.184. The number of ether oxygens (including phenoxy) is 3. The first kappa shape index (κ1) is 24.5. The molecule has 5 aliphatic rings. The van der Waals surface area contributed by atoms with Crippen LogP contribution >= 0.6 is 0 Å². The molecular weight excluding hydrogens is 428 g/mol. The summed E-state index contributed by atoms with van der Waals surface area (Å²) < 4.78 is 18.4. The fourth-order valence-corrected chi connectivity index (χ4v) is 8.85. The first-order chi connectivity index (χ1) is 16.2. The van der Waals surface area contributed by atoms with Crippen molar-refractivity contribution in [3.05, 3.63) is 35.1 Å². The Kier molecular flexibility index (Phi) is 6.54. The van der Waals surface area contributed by atoms with Gasteiger partial charge in [-0.1, -0.05) is 24.1 Å². The van der Waals surface area contributed by atoms with E-state index in [1.807, 2.05) is 6.92 Å². The highest BCUT2D eigenvalue weighted by atomic mass is 16.7. The van der Waals surface area contributed by atoms with Gasteiger partial charge in [0.1, 0.15) is 25.3 Å². The number of aliphatic hydroxyl groups is 2. The van der Waals surface area contributed by atoms with Gasteiger partial charge in [-0.05, 0) is 87.5 Å². The fraction of sp³-hybridized carbons (Fsp3) is 0.793. The maximum atomic E-state index is 10.9. The molecule has 5 heteroatoms. The van der Waals surface area contributed by atoms with Crippen LogP contribution in [0.25, 0.3) is 0 Å². The summed E-state index contributed by atoms with van der Waals surface area (Å²) in [6.45, 7) is 11.4. The summed E-state index contributed by atoms with van der Waals surface area (Å²) in [5.74, 6) is 2.77. The summed E-state index contributed by atoms with van der Waals surface area (Å²) in [6, 6.07) is 0. The van der Waals surface area contributed by atoms with E-state index in [4.69, 9.17) is 14.2 Å². The van der Waals surface area contributed by atoms with Crippen LogP contribution in [0.3, 0.4) is 0 Å². The van der Waals surface area contributed by atoms with E-state index in [1.165, 1.54) is 18.4 Å². The Balaban J connectivity index is 1.50. The Hall–Kier alpha value is -1.14. The Bertz CT molecular complexity index is 876. The lowest BCUT2D eigenvalue weighted by Crippen LogP contribution is -2.60. The van der Waals surface area contributed by atoms with Crippen molar-refractivity contribution in [3.63, 3.8) is 0 Å². The predicted octanol–water partition coefficient (Wildman–Crippen LogP) is 5.14. The molecule has 190 valence electrons. The minimum absolute atomic E-state index is 0.0321. The number of fused-ring (bicyclic) bond motifs is 4. The third kappa shape index (κ3) is 3.65. The molecule has 3 saturated carbocycles. The van der Waals surface area contributed by atoms with Crippen LogP contribution in [0.5, 0.6) is 0 Å². The SMILES string of the molecule is C=C(C)C[C@@H](O)C1=C(C)[C@H]2CC=C3[C@@H]4CC[C@H]5C[C@@H](O)CC[C@]5(C)[C@H]4C[C@@H](OCOC)[C@@]32CO1. The molecule has 34 heavy (non-hydrogen) atoms. The molecule has 2 N–H and O–H groups in total. The number of allylic oxidation sites excluding steroid dienone is 2. The van der Waals surface area contributed by atoms with Crippen LogP contribution in [-0.2, 0) is 14.2 Å². The summed E-state index contributed by atoms with van der Waals surface area (Å²) in [6.07, 6.45) is 9.69. The Morgan fingerprint density at radius 1 is 1.29 bits per heavy atom. The number of methoxy groups -OCH3 is 1. The lowest BCUT2D eigenvalue weighted by Gasteiger charge is -2.62.